The van der Waals surface area contributed by atoms with E-state index in [1.165, 1.54) is 18.2 Å². The zero-order valence-corrected chi connectivity index (χ0v) is 10.9. The Balaban J connectivity index is 2.94. The van der Waals surface area contributed by atoms with Crippen molar-refractivity contribution in [2.24, 2.45) is 0 Å². The van der Waals surface area contributed by atoms with Crippen LogP contribution in [0.1, 0.15) is 9.30 Å². The molecule has 1 rings (SSSR count). The van der Waals surface area contributed by atoms with E-state index in [2.05, 4.69) is 36.6 Å². The summed E-state index contributed by atoms with van der Waals surface area (Å²) >= 11 is 12.0. The SMILES string of the molecule is FC(F)(F)Oc1ccc(C(Br)Br)cc1Cl. The number of ether oxygens (including phenoxy) is 1. The van der Waals surface area contributed by atoms with E-state index in [0.717, 1.165) is 0 Å². The third-order valence-corrected chi connectivity index (χ3v) is 2.79. The van der Waals surface area contributed by atoms with Crippen molar-refractivity contribution in [1.82, 2.24) is 0 Å². The predicted octanol–water partition coefficient (Wildman–Crippen LogP) is 5.03. The summed E-state index contributed by atoms with van der Waals surface area (Å²) < 4.78 is 39.2. The van der Waals surface area contributed by atoms with E-state index in [1.807, 2.05) is 0 Å². The van der Waals surface area contributed by atoms with Crippen LogP contribution in [0.2, 0.25) is 5.02 Å². The molecule has 15 heavy (non-hydrogen) atoms. The van der Waals surface area contributed by atoms with E-state index >= 15 is 0 Å². The van der Waals surface area contributed by atoms with Crippen LogP contribution in [-0.4, -0.2) is 6.36 Å². The lowest BCUT2D eigenvalue weighted by atomic mass is 10.2. The summed E-state index contributed by atoms with van der Waals surface area (Å²) in [7, 11) is 0. The number of benzene rings is 1. The Morgan fingerprint density at radius 2 is 1.87 bits per heavy atom. The molecule has 0 heterocycles. The minimum absolute atomic E-state index is 0.0891. The van der Waals surface area contributed by atoms with Crippen LogP contribution in [-0.2, 0) is 0 Å². The molecular formula is C8H4Br2ClF3O. The normalized spacial score (nSPS) is 11.9. The molecule has 7 heteroatoms. The standard InChI is InChI=1S/C8H4Br2ClF3O/c9-7(10)4-1-2-6(5(11)3-4)15-8(12,13)14/h1-3,7H. The maximum Gasteiger partial charge on any atom is 0.573 e. The van der Waals surface area contributed by atoms with E-state index in [0.29, 0.717) is 5.56 Å². The number of hydrogen-bond donors (Lipinski definition) is 0. The second kappa shape index (κ2) is 4.93. The topological polar surface area (TPSA) is 9.23 Å². The number of alkyl halides is 5. The van der Waals surface area contributed by atoms with Gasteiger partial charge in [0.2, 0.25) is 0 Å². The van der Waals surface area contributed by atoms with Crippen molar-refractivity contribution in [1.29, 1.82) is 0 Å². The van der Waals surface area contributed by atoms with Crippen molar-refractivity contribution in [2.45, 2.75) is 10.1 Å². The lowest BCUT2D eigenvalue weighted by molar-refractivity contribution is -0.274. The molecule has 1 nitrogen and oxygen atoms in total. The van der Waals surface area contributed by atoms with Crippen LogP contribution < -0.4 is 4.74 Å². The average molecular weight is 368 g/mol. The molecular weight excluding hydrogens is 364 g/mol. The van der Waals surface area contributed by atoms with Gasteiger partial charge in [-0.1, -0.05) is 49.5 Å². The molecule has 0 amide bonds. The van der Waals surface area contributed by atoms with Crippen molar-refractivity contribution >= 4 is 43.5 Å². The smallest absolute Gasteiger partial charge is 0.404 e. The lowest BCUT2D eigenvalue weighted by Crippen LogP contribution is -2.17. The molecule has 0 aromatic heterocycles. The molecule has 0 saturated heterocycles. The Morgan fingerprint density at radius 1 is 1.27 bits per heavy atom. The van der Waals surface area contributed by atoms with Crippen molar-refractivity contribution in [2.75, 3.05) is 0 Å². The van der Waals surface area contributed by atoms with Crippen LogP contribution in [0.25, 0.3) is 0 Å². The van der Waals surface area contributed by atoms with Crippen molar-refractivity contribution in [3.05, 3.63) is 28.8 Å². The molecule has 0 unspecified atom stereocenters. The Bertz CT molecular complexity index is 354. The Hall–Kier alpha value is 0.0600. The van der Waals surface area contributed by atoms with E-state index in [9.17, 15) is 13.2 Å². The van der Waals surface area contributed by atoms with E-state index in [1.54, 1.807) is 0 Å². The van der Waals surface area contributed by atoms with Gasteiger partial charge in [-0.2, -0.15) is 0 Å². The average Bonchev–Trinajstić information content (AvgIpc) is 2.05. The maximum atomic E-state index is 11.9. The van der Waals surface area contributed by atoms with E-state index < -0.39 is 12.1 Å². The van der Waals surface area contributed by atoms with Gasteiger partial charge in [0.1, 0.15) is 5.75 Å². The first-order valence-electron chi connectivity index (χ1n) is 3.63. The number of hydrogen-bond acceptors (Lipinski definition) is 1. The molecule has 0 aliphatic heterocycles. The summed E-state index contributed by atoms with van der Waals surface area (Å²) in [4.78, 5) is 0. The van der Waals surface area contributed by atoms with Gasteiger partial charge in [-0.25, -0.2) is 0 Å². The third kappa shape index (κ3) is 4.20. The van der Waals surface area contributed by atoms with Gasteiger partial charge in [0, 0.05) is 0 Å². The van der Waals surface area contributed by atoms with E-state index in [4.69, 9.17) is 11.6 Å². The van der Waals surface area contributed by atoms with Crippen LogP contribution in [0.4, 0.5) is 13.2 Å². The molecule has 0 atom stereocenters. The Kier molecular flexibility index (Phi) is 4.31. The number of rotatable bonds is 2. The fourth-order valence-corrected chi connectivity index (χ4v) is 1.66. The quantitative estimate of drug-likeness (QED) is 0.666. The first-order valence-corrected chi connectivity index (χ1v) is 5.84. The van der Waals surface area contributed by atoms with E-state index in [-0.39, 0.29) is 8.76 Å². The highest BCUT2D eigenvalue weighted by Gasteiger charge is 2.32. The monoisotopic (exact) mass is 366 g/mol. The summed E-state index contributed by atoms with van der Waals surface area (Å²) in [6, 6.07) is 4.03. The van der Waals surface area contributed by atoms with Gasteiger partial charge < -0.3 is 4.74 Å². The van der Waals surface area contributed by atoms with Crippen LogP contribution in [0.3, 0.4) is 0 Å². The zero-order valence-electron chi connectivity index (χ0n) is 6.99. The van der Waals surface area contributed by atoms with Gasteiger partial charge >= 0.3 is 6.36 Å². The third-order valence-electron chi connectivity index (χ3n) is 1.43. The number of halogens is 6. The maximum absolute atomic E-state index is 11.9. The van der Waals surface area contributed by atoms with Crippen molar-refractivity contribution in [3.8, 4) is 5.75 Å². The molecule has 1 aromatic carbocycles. The zero-order chi connectivity index (χ0) is 11.6. The van der Waals surface area contributed by atoms with Crippen LogP contribution in [0.15, 0.2) is 18.2 Å². The Labute approximate surface area is 106 Å². The van der Waals surface area contributed by atoms with Gasteiger partial charge in [0.15, 0.2) is 0 Å². The van der Waals surface area contributed by atoms with Crippen LogP contribution in [0.5, 0.6) is 5.75 Å². The van der Waals surface area contributed by atoms with Gasteiger partial charge in [0.25, 0.3) is 0 Å². The Morgan fingerprint density at radius 3 is 2.27 bits per heavy atom. The van der Waals surface area contributed by atoms with Crippen molar-refractivity contribution < 1.29 is 17.9 Å². The fraction of sp³-hybridized carbons (Fsp3) is 0.250. The molecule has 84 valence electrons. The highest BCUT2D eigenvalue weighted by molar-refractivity contribution is 9.24. The first-order chi connectivity index (χ1) is 6.79. The molecule has 0 N–H and O–H groups in total. The molecule has 0 fully saturated rings. The van der Waals surface area contributed by atoms with Gasteiger partial charge in [-0.15, -0.1) is 13.2 Å². The van der Waals surface area contributed by atoms with Crippen molar-refractivity contribution in [3.63, 3.8) is 0 Å². The van der Waals surface area contributed by atoms with Gasteiger partial charge in [-0.3, -0.25) is 0 Å². The minimum atomic E-state index is -4.73. The second-order valence-electron chi connectivity index (χ2n) is 2.54. The highest BCUT2D eigenvalue weighted by atomic mass is 79.9. The summed E-state index contributed by atoms with van der Waals surface area (Å²) in [5.74, 6) is -0.409. The molecule has 0 aliphatic rings. The largest absolute Gasteiger partial charge is 0.573 e. The summed E-state index contributed by atoms with van der Waals surface area (Å²) in [5, 5.41) is -0.0891. The van der Waals surface area contributed by atoms with Gasteiger partial charge in [-0.05, 0) is 17.7 Å². The minimum Gasteiger partial charge on any atom is -0.404 e. The molecule has 1 aromatic rings. The molecule has 0 saturated carbocycles. The van der Waals surface area contributed by atoms with Crippen LogP contribution in [0, 0.1) is 0 Å². The molecule has 0 aliphatic carbocycles. The summed E-state index contributed by atoms with van der Waals surface area (Å²) in [6.45, 7) is 0. The molecule has 0 bridgehead atoms. The second-order valence-corrected chi connectivity index (χ2v) is 6.01. The summed E-state index contributed by atoms with van der Waals surface area (Å²) in [6.07, 6.45) is -4.73. The lowest BCUT2D eigenvalue weighted by Gasteiger charge is -2.11. The first kappa shape index (κ1) is 13.1. The van der Waals surface area contributed by atoms with Gasteiger partial charge in [0.05, 0.1) is 8.76 Å². The highest BCUT2D eigenvalue weighted by Crippen LogP contribution is 2.36. The summed E-state index contributed by atoms with van der Waals surface area (Å²) in [5.41, 5.74) is 0.703. The van der Waals surface area contributed by atoms with Crippen LogP contribution >= 0.6 is 43.5 Å². The predicted molar refractivity (Wildman–Crippen MR) is 58.7 cm³/mol. The molecule has 0 spiro atoms. The fourth-order valence-electron chi connectivity index (χ4n) is 0.860. The molecule has 0 radical (unpaired) electrons.